The Hall–Kier alpha value is -2.91. The van der Waals surface area contributed by atoms with Gasteiger partial charge in [0.1, 0.15) is 5.75 Å². The van der Waals surface area contributed by atoms with Crippen LogP contribution < -0.4 is 4.74 Å². The van der Waals surface area contributed by atoms with Gasteiger partial charge in [0, 0.05) is 11.5 Å². The molecular formula is C24H21ClO3. The van der Waals surface area contributed by atoms with E-state index >= 15 is 0 Å². The highest BCUT2D eigenvalue weighted by Crippen LogP contribution is 2.33. The average molecular weight is 393 g/mol. The van der Waals surface area contributed by atoms with Crippen molar-refractivity contribution in [1.29, 1.82) is 0 Å². The Bertz CT molecular complexity index is 938. The highest BCUT2D eigenvalue weighted by molar-refractivity contribution is 6.30. The van der Waals surface area contributed by atoms with Gasteiger partial charge in [0.2, 0.25) is 0 Å². The minimum atomic E-state index is -0.455. The molecule has 3 aromatic rings. The highest BCUT2D eigenvalue weighted by atomic mass is 35.5. The minimum absolute atomic E-state index is 0.0783. The standard InChI is InChI=1S/C24H21ClO3/c1-17(24(27)28-21-13-6-3-7-14-21)23(18-9-4-2-5-10-18)20-12-8-11-19(15-20)22(26)16-25/h2-15,17,23H,16H2,1H3. The van der Waals surface area contributed by atoms with Gasteiger partial charge in [-0.3, -0.25) is 9.59 Å². The van der Waals surface area contributed by atoms with Gasteiger partial charge in [-0.2, -0.15) is 0 Å². The summed E-state index contributed by atoms with van der Waals surface area (Å²) >= 11 is 5.72. The lowest BCUT2D eigenvalue weighted by Crippen LogP contribution is -2.25. The number of hydrogen-bond donors (Lipinski definition) is 0. The maximum atomic E-state index is 12.9. The number of carbonyl (C=O) groups excluding carboxylic acids is 2. The molecule has 142 valence electrons. The molecule has 0 fully saturated rings. The van der Waals surface area contributed by atoms with Gasteiger partial charge in [0.15, 0.2) is 5.78 Å². The Labute approximate surface area is 169 Å². The number of halogens is 1. The third-order valence-corrected chi connectivity index (χ3v) is 4.92. The number of Topliss-reactive ketones (excluding diaryl/α,β-unsaturated/α-hetero) is 1. The average Bonchev–Trinajstić information content (AvgIpc) is 2.75. The first-order chi connectivity index (χ1) is 13.6. The van der Waals surface area contributed by atoms with Crippen molar-refractivity contribution >= 4 is 23.4 Å². The first-order valence-corrected chi connectivity index (χ1v) is 9.64. The summed E-state index contributed by atoms with van der Waals surface area (Å²) in [6, 6.07) is 26.1. The van der Waals surface area contributed by atoms with E-state index in [1.54, 1.807) is 18.2 Å². The largest absolute Gasteiger partial charge is 0.426 e. The second-order valence-corrected chi connectivity index (χ2v) is 6.86. The van der Waals surface area contributed by atoms with Crippen LogP contribution in [0.1, 0.15) is 34.3 Å². The lowest BCUT2D eigenvalue weighted by Gasteiger charge is -2.24. The molecule has 0 aliphatic heterocycles. The third kappa shape index (κ3) is 4.68. The topological polar surface area (TPSA) is 43.4 Å². The molecule has 2 unspecified atom stereocenters. The van der Waals surface area contributed by atoms with Crippen molar-refractivity contribution in [3.63, 3.8) is 0 Å². The smallest absolute Gasteiger partial charge is 0.315 e. The quantitative estimate of drug-likeness (QED) is 0.231. The Morgan fingerprint density at radius 2 is 1.46 bits per heavy atom. The van der Waals surface area contributed by atoms with Gasteiger partial charge >= 0.3 is 5.97 Å². The molecule has 0 saturated heterocycles. The van der Waals surface area contributed by atoms with Crippen molar-refractivity contribution in [2.45, 2.75) is 12.8 Å². The summed E-state index contributed by atoms with van der Waals surface area (Å²) in [6.45, 7) is 1.85. The zero-order valence-corrected chi connectivity index (χ0v) is 16.3. The SMILES string of the molecule is CC(C(=O)Oc1ccccc1)C(c1ccccc1)c1cccc(C(=O)CCl)c1. The van der Waals surface area contributed by atoms with Crippen LogP contribution in [0.15, 0.2) is 84.9 Å². The van der Waals surface area contributed by atoms with Crippen molar-refractivity contribution < 1.29 is 14.3 Å². The summed E-state index contributed by atoms with van der Waals surface area (Å²) in [5, 5.41) is 0. The van der Waals surface area contributed by atoms with Crippen molar-refractivity contribution in [1.82, 2.24) is 0 Å². The summed E-state index contributed by atoms with van der Waals surface area (Å²) in [5.74, 6) is -0.740. The number of rotatable bonds is 7. The van der Waals surface area contributed by atoms with Crippen LogP contribution in [0.4, 0.5) is 0 Å². The van der Waals surface area contributed by atoms with Crippen molar-refractivity contribution in [3.05, 3.63) is 102 Å². The van der Waals surface area contributed by atoms with Crippen LogP contribution >= 0.6 is 11.6 Å². The Balaban J connectivity index is 1.96. The molecule has 0 aromatic heterocycles. The first-order valence-electron chi connectivity index (χ1n) is 9.11. The van der Waals surface area contributed by atoms with Crippen LogP contribution in [-0.4, -0.2) is 17.6 Å². The fourth-order valence-electron chi connectivity index (χ4n) is 3.25. The van der Waals surface area contributed by atoms with E-state index in [9.17, 15) is 9.59 Å². The summed E-state index contributed by atoms with van der Waals surface area (Å²) < 4.78 is 5.57. The van der Waals surface area contributed by atoms with E-state index in [-0.39, 0.29) is 23.6 Å². The molecule has 3 rings (SSSR count). The maximum Gasteiger partial charge on any atom is 0.315 e. The van der Waals surface area contributed by atoms with E-state index in [0.717, 1.165) is 11.1 Å². The number of esters is 1. The summed E-state index contributed by atoms with van der Waals surface area (Å²) in [7, 11) is 0. The number of hydrogen-bond acceptors (Lipinski definition) is 3. The molecule has 4 heteroatoms. The molecule has 2 atom stereocenters. The van der Waals surface area contributed by atoms with E-state index in [1.807, 2.05) is 73.7 Å². The molecule has 0 spiro atoms. The molecule has 3 nitrogen and oxygen atoms in total. The molecular weight excluding hydrogens is 372 g/mol. The van der Waals surface area contributed by atoms with Gasteiger partial charge in [0.05, 0.1) is 11.8 Å². The van der Waals surface area contributed by atoms with Crippen LogP contribution in [0.3, 0.4) is 0 Å². The number of carbonyl (C=O) groups is 2. The van der Waals surface area contributed by atoms with Crippen LogP contribution in [0, 0.1) is 5.92 Å². The van der Waals surface area contributed by atoms with Gasteiger partial charge in [-0.05, 0) is 29.3 Å². The lowest BCUT2D eigenvalue weighted by atomic mass is 9.81. The maximum absolute atomic E-state index is 12.9. The molecule has 0 aliphatic rings. The zero-order valence-electron chi connectivity index (χ0n) is 15.5. The van der Waals surface area contributed by atoms with Crippen molar-refractivity contribution in [2.24, 2.45) is 5.92 Å². The fraction of sp³-hybridized carbons (Fsp3) is 0.167. The fourth-order valence-corrected chi connectivity index (χ4v) is 3.40. The predicted octanol–water partition coefficient (Wildman–Crippen LogP) is 5.48. The number of para-hydroxylation sites is 1. The number of ketones is 1. The molecule has 28 heavy (non-hydrogen) atoms. The molecule has 0 heterocycles. The van der Waals surface area contributed by atoms with E-state index in [0.29, 0.717) is 11.3 Å². The Morgan fingerprint density at radius 3 is 2.11 bits per heavy atom. The highest BCUT2D eigenvalue weighted by Gasteiger charge is 2.29. The van der Waals surface area contributed by atoms with Gasteiger partial charge in [-0.25, -0.2) is 0 Å². The Kier molecular flexibility index (Phi) is 6.62. The lowest BCUT2D eigenvalue weighted by molar-refractivity contribution is -0.138. The summed E-state index contributed by atoms with van der Waals surface area (Å²) in [5.41, 5.74) is 2.40. The summed E-state index contributed by atoms with van der Waals surface area (Å²) in [6.07, 6.45) is 0. The van der Waals surface area contributed by atoms with Crippen LogP contribution in [0.5, 0.6) is 5.75 Å². The molecule has 0 aliphatic carbocycles. The molecule has 0 saturated carbocycles. The van der Waals surface area contributed by atoms with Crippen molar-refractivity contribution in [2.75, 3.05) is 5.88 Å². The molecule has 0 amide bonds. The van der Waals surface area contributed by atoms with Crippen LogP contribution in [0.2, 0.25) is 0 Å². The molecule has 3 aromatic carbocycles. The second kappa shape index (κ2) is 9.34. The van der Waals surface area contributed by atoms with E-state index in [4.69, 9.17) is 16.3 Å². The number of alkyl halides is 1. The van der Waals surface area contributed by atoms with Crippen molar-refractivity contribution in [3.8, 4) is 5.75 Å². The number of ether oxygens (including phenoxy) is 1. The Morgan fingerprint density at radius 1 is 0.857 bits per heavy atom. The van der Waals surface area contributed by atoms with E-state index in [2.05, 4.69) is 0 Å². The molecule has 0 N–H and O–H groups in total. The van der Waals surface area contributed by atoms with Crippen LogP contribution in [0.25, 0.3) is 0 Å². The minimum Gasteiger partial charge on any atom is -0.426 e. The molecule has 0 radical (unpaired) electrons. The van der Waals surface area contributed by atoms with Gasteiger partial charge in [-0.15, -0.1) is 11.6 Å². The number of benzene rings is 3. The first kappa shape index (κ1) is 19.8. The summed E-state index contributed by atoms with van der Waals surface area (Å²) in [4.78, 5) is 24.9. The van der Waals surface area contributed by atoms with Gasteiger partial charge in [-0.1, -0.05) is 73.7 Å². The van der Waals surface area contributed by atoms with E-state index < -0.39 is 5.92 Å². The van der Waals surface area contributed by atoms with Crippen LogP contribution in [-0.2, 0) is 4.79 Å². The van der Waals surface area contributed by atoms with Gasteiger partial charge in [0.25, 0.3) is 0 Å². The predicted molar refractivity (Wildman–Crippen MR) is 111 cm³/mol. The zero-order chi connectivity index (χ0) is 19.9. The normalized spacial score (nSPS) is 12.8. The monoisotopic (exact) mass is 392 g/mol. The molecule has 0 bridgehead atoms. The second-order valence-electron chi connectivity index (χ2n) is 6.59. The third-order valence-electron chi connectivity index (χ3n) is 4.68. The van der Waals surface area contributed by atoms with E-state index in [1.165, 1.54) is 0 Å². The van der Waals surface area contributed by atoms with Gasteiger partial charge < -0.3 is 4.74 Å².